The molecule has 2 rings (SSSR count). The maximum Gasteiger partial charge on any atom is 0.238 e. The van der Waals surface area contributed by atoms with E-state index in [0.717, 1.165) is 30.0 Å². The molecule has 5 nitrogen and oxygen atoms in total. The molecule has 0 aliphatic rings. The number of nitrogens with zero attached hydrogens (tertiary/aromatic N) is 2. The zero-order chi connectivity index (χ0) is 14.4. The van der Waals surface area contributed by atoms with Crippen LogP contribution in [0.1, 0.15) is 11.3 Å². The van der Waals surface area contributed by atoms with Crippen molar-refractivity contribution in [2.75, 3.05) is 18.9 Å². The molecule has 1 aromatic carbocycles. The van der Waals surface area contributed by atoms with Crippen molar-refractivity contribution >= 4 is 47.7 Å². The number of nitrogens with one attached hydrogen (secondary N) is 1. The van der Waals surface area contributed by atoms with E-state index >= 15 is 0 Å². The van der Waals surface area contributed by atoms with E-state index in [1.54, 1.807) is 11.3 Å². The minimum atomic E-state index is -0.182. The van der Waals surface area contributed by atoms with Crippen LogP contribution in [0.15, 0.2) is 35.2 Å². The van der Waals surface area contributed by atoms with Crippen molar-refractivity contribution in [3.05, 3.63) is 46.4 Å². The number of anilines is 1. The minimum absolute atomic E-state index is 0. The molecule has 0 radical (unpaired) electrons. The molecule has 1 heterocycles. The second-order valence-corrected chi connectivity index (χ2v) is 5.32. The van der Waals surface area contributed by atoms with Crippen LogP contribution in [-0.2, 0) is 17.9 Å². The van der Waals surface area contributed by atoms with Crippen LogP contribution in [0.3, 0.4) is 0 Å². The molecular weight excluding hydrogens is 343 g/mol. The summed E-state index contributed by atoms with van der Waals surface area (Å²) in [6, 6.07) is 7.79. The number of amides is 1. The molecule has 8 heteroatoms. The lowest BCUT2D eigenvalue weighted by atomic mass is 10.2. The van der Waals surface area contributed by atoms with Gasteiger partial charge >= 0.3 is 0 Å². The van der Waals surface area contributed by atoms with Crippen LogP contribution in [0.2, 0.25) is 0 Å². The van der Waals surface area contributed by atoms with Crippen molar-refractivity contribution in [3.8, 4) is 0 Å². The number of hydrogen-bond acceptors (Lipinski definition) is 5. The van der Waals surface area contributed by atoms with Gasteiger partial charge in [-0.1, -0.05) is 12.1 Å². The fourth-order valence-electron chi connectivity index (χ4n) is 1.92. The second kappa shape index (κ2) is 10.5. The average Bonchev–Trinajstić information content (AvgIpc) is 2.91. The lowest BCUT2D eigenvalue weighted by Gasteiger charge is -2.16. The van der Waals surface area contributed by atoms with Gasteiger partial charge in [0.2, 0.25) is 5.91 Å². The Morgan fingerprint density at radius 1 is 1.36 bits per heavy atom. The standard InChI is InChI=1S/C14H18N4OS.2ClH/c1-18(8-13-9-20-10-16-13)7-11-3-2-4-12(5-11)17-14(19)6-15;;/h2-5,9-10H,6-8,15H2,1H3,(H,17,19);2*1H. The first-order chi connectivity index (χ1) is 9.67. The van der Waals surface area contributed by atoms with Crippen LogP contribution >= 0.6 is 36.2 Å². The van der Waals surface area contributed by atoms with Crippen molar-refractivity contribution in [3.63, 3.8) is 0 Å². The fourth-order valence-corrected chi connectivity index (χ4v) is 2.47. The molecule has 1 amide bonds. The number of nitrogens with two attached hydrogens (primary N) is 1. The van der Waals surface area contributed by atoms with E-state index in [4.69, 9.17) is 5.73 Å². The molecular formula is C14H20Cl2N4OS. The van der Waals surface area contributed by atoms with Crippen LogP contribution in [0.5, 0.6) is 0 Å². The number of hydrogen-bond donors (Lipinski definition) is 2. The van der Waals surface area contributed by atoms with Crippen molar-refractivity contribution in [2.24, 2.45) is 5.73 Å². The molecule has 1 aromatic heterocycles. The van der Waals surface area contributed by atoms with E-state index in [-0.39, 0.29) is 37.3 Å². The van der Waals surface area contributed by atoms with Crippen LogP contribution in [0.4, 0.5) is 5.69 Å². The Morgan fingerprint density at radius 2 is 2.14 bits per heavy atom. The highest BCUT2D eigenvalue weighted by Crippen LogP contribution is 2.13. The third kappa shape index (κ3) is 6.72. The molecule has 22 heavy (non-hydrogen) atoms. The first-order valence-electron chi connectivity index (χ1n) is 6.32. The van der Waals surface area contributed by atoms with E-state index < -0.39 is 0 Å². The van der Waals surface area contributed by atoms with E-state index in [9.17, 15) is 4.79 Å². The summed E-state index contributed by atoms with van der Waals surface area (Å²) >= 11 is 1.60. The predicted octanol–water partition coefficient (Wildman–Crippen LogP) is 2.52. The lowest BCUT2D eigenvalue weighted by molar-refractivity contribution is -0.114. The summed E-state index contributed by atoms with van der Waals surface area (Å²) in [6.45, 7) is 1.60. The molecule has 122 valence electrons. The van der Waals surface area contributed by atoms with Gasteiger partial charge in [-0.25, -0.2) is 4.98 Å². The zero-order valence-electron chi connectivity index (χ0n) is 12.2. The first-order valence-corrected chi connectivity index (χ1v) is 7.26. The Labute approximate surface area is 146 Å². The van der Waals surface area contributed by atoms with Gasteiger partial charge < -0.3 is 11.1 Å². The summed E-state index contributed by atoms with van der Waals surface area (Å²) in [6.07, 6.45) is 0. The molecule has 0 aliphatic carbocycles. The smallest absolute Gasteiger partial charge is 0.238 e. The summed E-state index contributed by atoms with van der Waals surface area (Å²) in [5, 5.41) is 4.81. The Morgan fingerprint density at radius 3 is 2.77 bits per heavy atom. The summed E-state index contributed by atoms with van der Waals surface area (Å²) in [4.78, 5) is 17.7. The Balaban J connectivity index is 0.00000220. The number of rotatable bonds is 6. The molecule has 0 bridgehead atoms. The van der Waals surface area contributed by atoms with Crippen LogP contribution < -0.4 is 11.1 Å². The number of halogens is 2. The van der Waals surface area contributed by atoms with E-state index in [0.29, 0.717) is 0 Å². The molecule has 0 saturated carbocycles. The third-order valence-corrected chi connectivity index (χ3v) is 3.40. The van der Waals surface area contributed by atoms with Crippen molar-refractivity contribution in [1.82, 2.24) is 9.88 Å². The van der Waals surface area contributed by atoms with Gasteiger partial charge in [0.25, 0.3) is 0 Å². The van der Waals surface area contributed by atoms with Crippen molar-refractivity contribution in [1.29, 1.82) is 0 Å². The maximum absolute atomic E-state index is 11.3. The largest absolute Gasteiger partial charge is 0.325 e. The summed E-state index contributed by atoms with van der Waals surface area (Å²) in [5.74, 6) is -0.182. The molecule has 2 aromatic rings. The number of carbonyl (C=O) groups excluding carboxylic acids is 1. The molecule has 0 fully saturated rings. The monoisotopic (exact) mass is 362 g/mol. The van der Waals surface area contributed by atoms with Gasteiger partial charge in [-0.3, -0.25) is 9.69 Å². The highest BCUT2D eigenvalue weighted by atomic mass is 35.5. The number of thiazole rings is 1. The summed E-state index contributed by atoms with van der Waals surface area (Å²) in [5.41, 5.74) is 10.1. The minimum Gasteiger partial charge on any atom is -0.325 e. The predicted molar refractivity (Wildman–Crippen MR) is 95.9 cm³/mol. The third-order valence-electron chi connectivity index (χ3n) is 2.76. The van der Waals surface area contributed by atoms with Gasteiger partial charge in [0.15, 0.2) is 0 Å². The molecule has 0 atom stereocenters. The first kappa shape index (κ1) is 20.8. The lowest BCUT2D eigenvalue weighted by Crippen LogP contribution is -2.22. The molecule has 0 unspecified atom stereocenters. The Hall–Kier alpha value is -1.18. The van der Waals surface area contributed by atoms with Crippen LogP contribution in [-0.4, -0.2) is 29.4 Å². The fraction of sp³-hybridized carbons (Fsp3) is 0.286. The van der Waals surface area contributed by atoms with Gasteiger partial charge in [0.1, 0.15) is 0 Å². The van der Waals surface area contributed by atoms with Crippen molar-refractivity contribution < 1.29 is 4.79 Å². The Bertz CT molecular complexity index is 566. The zero-order valence-corrected chi connectivity index (χ0v) is 14.6. The van der Waals surface area contributed by atoms with Gasteiger partial charge in [-0.15, -0.1) is 36.2 Å². The molecule has 0 spiro atoms. The quantitative estimate of drug-likeness (QED) is 0.827. The van der Waals surface area contributed by atoms with Gasteiger partial charge in [0.05, 0.1) is 17.7 Å². The average molecular weight is 363 g/mol. The summed E-state index contributed by atoms with van der Waals surface area (Å²) in [7, 11) is 2.05. The number of carbonyl (C=O) groups is 1. The highest BCUT2D eigenvalue weighted by Gasteiger charge is 2.05. The second-order valence-electron chi connectivity index (χ2n) is 4.60. The van der Waals surface area contributed by atoms with Crippen LogP contribution in [0, 0.1) is 0 Å². The van der Waals surface area contributed by atoms with E-state index in [1.807, 2.05) is 42.2 Å². The van der Waals surface area contributed by atoms with Gasteiger partial charge in [-0.2, -0.15) is 0 Å². The number of benzene rings is 1. The number of aromatic nitrogens is 1. The van der Waals surface area contributed by atoms with E-state index in [2.05, 4.69) is 15.2 Å². The van der Waals surface area contributed by atoms with Crippen molar-refractivity contribution in [2.45, 2.75) is 13.1 Å². The Kier molecular flexibility index (Phi) is 9.97. The molecule has 0 aliphatic heterocycles. The van der Waals surface area contributed by atoms with E-state index in [1.165, 1.54) is 0 Å². The van der Waals surface area contributed by atoms with Gasteiger partial charge in [-0.05, 0) is 24.7 Å². The van der Waals surface area contributed by atoms with Gasteiger partial charge in [0, 0.05) is 24.2 Å². The molecule has 3 N–H and O–H groups in total. The highest BCUT2D eigenvalue weighted by molar-refractivity contribution is 7.07. The summed E-state index contributed by atoms with van der Waals surface area (Å²) < 4.78 is 0. The topological polar surface area (TPSA) is 71.2 Å². The molecule has 0 saturated heterocycles. The SMILES string of the molecule is CN(Cc1cccc(NC(=O)CN)c1)Cc1cscn1.Cl.Cl. The normalized spacial score (nSPS) is 9.77. The van der Waals surface area contributed by atoms with Crippen LogP contribution in [0.25, 0.3) is 0 Å². The maximum atomic E-state index is 11.3.